The van der Waals surface area contributed by atoms with E-state index in [0.29, 0.717) is 33.0 Å². The second-order valence-electron chi connectivity index (χ2n) is 5.05. The third kappa shape index (κ3) is 4.36. The molecule has 0 aliphatic heterocycles. The first kappa shape index (κ1) is 18.9. The zero-order valence-corrected chi connectivity index (χ0v) is 16.1. The molecule has 1 amide bonds. The van der Waals surface area contributed by atoms with Crippen LogP contribution in [-0.4, -0.2) is 34.3 Å². The normalized spacial score (nSPS) is 10.1. The van der Waals surface area contributed by atoms with Crippen LogP contribution in [0.25, 0.3) is 0 Å². The molecule has 2 aromatic carbocycles. The predicted octanol–water partition coefficient (Wildman–Crippen LogP) is 3.41. The van der Waals surface area contributed by atoms with E-state index in [4.69, 9.17) is 18.9 Å². The molecule has 0 aliphatic rings. The van der Waals surface area contributed by atoms with Gasteiger partial charge in [-0.05, 0) is 40.2 Å². The van der Waals surface area contributed by atoms with E-state index in [1.54, 1.807) is 58.8 Å². The van der Waals surface area contributed by atoms with E-state index in [1.165, 1.54) is 0 Å². The van der Waals surface area contributed by atoms with Gasteiger partial charge in [0.25, 0.3) is 5.91 Å². The number of amides is 1. The largest absolute Gasteiger partial charge is 0.497 e. The van der Waals surface area contributed by atoms with Gasteiger partial charge in [0.2, 0.25) is 0 Å². The van der Waals surface area contributed by atoms with Crippen molar-refractivity contribution in [3.8, 4) is 23.0 Å². The molecule has 0 heterocycles. The van der Waals surface area contributed by atoms with Gasteiger partial charge in [-0.3, -0.25) is 4.79 Å². The fourth-order valence-electron chi connectivity index (χ4n) is 2.31. The highest BCUT2D eigenvalue weighted by Crippen LogP contribution is 2.34. The quantitative estimate of drug-likeness (QED) is 0.758. The summed E-state index contributed by atoms with van der Waals surface area (Å²) in [6.07, 6.45) is 0. The third-order valence-corrected chi connectivity index (χ3v) is 4.34. The van der Waals surface area contributed by atoms with Gasteiger partial charge in [0.1, 0.15) is 11.5 Å². The molecule has 0 aliphatic carbocycles. The lowest BCUT2D eigenvalue weighted by atomic mass is 10.1. The van der Waals surface area contributed by atoms with Crippen LogP contribution in [0.3, 0.4) is 0 Å². The zero-order valence-electron chi connectivity index (χ0n) is 14.5. The van der Waals surface area contributed by atoms with Crippen molar-refractivity contribution in [2.45, 2.75) is 6.54 Å². The first-order valence-corrected chi connectivity index (χ1v) is 8.24. The summed E-state index contributed by atoms with van der Waals surface area (Å²) in [7, 11) is 6.23. The molecule has 25 heavy (non-hydrogen) atoms. The first-order chi connectivity index (χ1) is 12.0. The Bertz CT molecular complexity index is 763. The highest BCUT2D eigenvalue weighted by Gasteiger charge is 2.15. The first-order valence-electron chi connectivity index (χ1n) is 7.44. The van der Waals surface area contributed by atoms with Gasteiger partial charge in [-0.25, -0.2) is 0 Å². The molecule has 0 atom stereocenters. The minimum absolute atomic E-state index is 0.234. The lowest BCUT2D eigenvalue weighted by Crippen LogP contribution is -2.23. The van der Waals surface area contributed by atoms with Crippen LogP contribution < -0.4 is 24.3 Å². The smallest absolute Gasteiger partial charge is 0.252 e. The number of hydrogen-bond acceptors (Lipinski definition) is 5. The average Bonchev–Trinajstić information content (AvgIpc) is 2.65. The van der Waals surface area contributed by atoms with Crippen molar-refractivity contribution < 1.29 is 23.7 Å². The van der Waals surface area contributed by atoms with Gasteiger partial charge in [-0.15, -0.1) is 0 Å². The fraction of sp³-hybridized carbons (Fsp3) is 0.278. The van der Waals surface area contributed by atoms with E-state index in [9.17, 15) is 4.79 Å². The topological polar surface area (TPSA) is 66.0 Å². The van der Waals surface area contributed by atoms with Crippen molar-refractivity contribution in [1.82, 2.24) is 5.32 Å². The standard InChI is InChI=1S/C18H20BrNO5/c1-22-12-5-6-14(19)13(8-12)18(21)20-10-11-7-16(24-3)17(25-4)9-15(11)23-2/h5-9H,10H2,1-4H3,(H,20,21). The maximum atomic E-state index is 12.5. The summed E-state index contributed by atoms with van der Waals surface area (Å²) in [6.45, 7) is 0.270. The molecule has 6 nitrogen and oxygen atoms in total. The molecule has 2 aromatic rings. The molecule has 0 saturated heterocycles. The Labute approximate surface area is 155 Å². The number of halogens is 1. The maximum absolute atomic E-state index is 12.5. The van der Waals surface area contributed by atoms with E-state index in [1.807, 2.05) is 0 Å². The number of methoxy groups -OCH3 is 4. The summed E-state index contributed by atoms with van der Waals surface area (Å²) in [5, 5.41) is 2.87. The molecule has 0 unspecified atom stereocenters. The van der Waals surface area contributed by atoms with Crippen LogP contribution in [0, 0.1) is 0 Å². The predicted molar refractivity (Wildman–Crippen MR) is 98.0 cm³/mol. The fourth-order valence-corrected chi connectivity index (χ4v) is 2.73. The van der Waals surface area contributed by atoms with Crippen LogP contribution in [0.2, 0.25) is 0 Å². The van der Waals surface area contributed by atoms with Gasteiger partial charge in [-0.1, -0.05) is 0 Å². The molecule has 1 N–H and O–H groups in total. The van der Waals surface area contributed by atoms with Crippen molar-refractivity contribution >= 4 is 21.8 Å². The lowest BCUT2D eigenvalue weighted by Gasteiger charge is -2.15. The van der Waals surface area contributed by atoms with Crippen molar-refractivity contribution in [3.05, 3.63) is 45.9 Å². The van der Waals surface area contributed by atoms with Crippen LogP contribution in [0.4, 0.5) is 0 Å². The van der Waals surface area contributed by atoms with Gasteiger partial charge in [0, 0.05) is 22.6 Å². The third-order valence-electron chi connectivity index (χ3n) is 3.64. The Kier molecular flexibility index (Phi) is 6.52. The summed E-state index contributed by atoms with van der Waals surface area (Å²) >= 11 is 3.38. The average molecular weight is 410 g/mol. The van der Waals surface area contributed by atoms with Gasteiger partial charge < -0.3 is 24.3 Å². The number of carbonyl (C=O) groups excluding carboxylic acids is 1. The highest BCUT2D eigenvalue weighted by molar-refractivity contribution is 9.10. The second kappa shape index (κ2) is 8.62. The van der Waals surface area contributed by atoms with Crippen molar-refractivity contribution in [3.63, 3.8) is 0 Å². The molecule has 0 saturated carbocycles. The van der Waals surface area contributed by atoms with E-state index in [-0.39, 0.29) is 12.5 Å². The maximum Gasteiger partial charge on any atom is 0.252 e. The number of carbonyl (C=O) groups is 1. The highest BCUT2D eigenvalue weighted by atomic mass is 79.9. The van der Waals surface area contributed by atoms with E-state index >= 15 is 0 Å². The molecule has 0 radical (unpaired) electrons. The molecule has 0 fully saturated rings. The number of nitrogens with one attached hydrogen (secondary N) is 1. The van der Waals surface area contributed by atoms with Crippen molar-refractivity contribution in [1.29, 1.82) is 0 Å². The van der Waals surface area contributed by atoms with Gasteiger partial charge in [0.15, 0.2) is 11.5 Å². The Hall–Kier alpha value is -2.41. The van der Waals surface area contributed by atoms with Crippen LogP contribution in [0.1, 0.15) is 15.9 Å². The monoisotopic (exact) mass is 409 g/mol. The Morgan fingerprint density at radius 2 is 1.56 bits per heavy atom. The van der Waals surface area contributed by atoms with Crippen LogP contribution in [0.5, 0.6) is 23.0 Å². The number of benzene rings is 2. The molecule has 0 spiro atoms. The Morgan fingerprint density at radius 1 is 0.920 bits per heavy atom. The van der Waals surface area contributed by atoms with Crippen LogP contribution in [0.15, 0.2) is 34.8 Å². The summed E-state index contributed by atoms with van der Waals surface area (Å²) in [4.78, 5) is 12.5. The number of hydrogen-bond donors (Lipinski definition) is 1. The number of rotatable bonds is 7. The molecular formula is C18H20BrNO5. The summed E-state index contributed by atoms with van der Waals surface area (Å²) in [5.74, 6) is 2.10. The number of ether oxygens (including phenoxy) is 4. The van der Waals surface area contributed by atoms with Gasteiger partial charge >= 0.3 is 0 Å². The van der Waals surface area contributed by atoms with Gasteiger partial charge in [0.05, 0.1) is 34.0 Å². The Balaban J connectivity index is 2.22. The zero-order chi connectivity index (χ0) is 18.4. The van der Waals surface area contributed by atoms with E-state index in [2.05, 4.69) is 21.2 Å². The summed E-state index contributed by atoms with van der Waals surface area (Å²) in [5.41, 5.74) is 1.26. The van der Waals surface area contributed by atoms with Crippen LogP contribution in [-0.2, 0) is 6.54 Å². The summed E-state index contributed by atoms with van der Waals surface area (Å²) < 4.78 is 21.8. The van der Waals surface area contributed by atoms with Gasteiger partial charge in [-0.2, -0.15) is 0 Å². The molecular weight excluding hydrogens is 390 g/mol. The lowest BCUT2D eigenvalue weighted by molar-refractivity contribution is 0.0949. The molecule has 0 aromatic heterocycles. The van der Waals surface area contributed by atoms with E-state index < -0.39 is 0 Å². The summed E-state index contributed by atoms with van der Waals surface area (Å²) in [6, 6.07) is 8.72. The minimum atomic E-state index is -0.234. The molecule has 134 valence electrons. The van der Waals surface area contributed by atoms with Crippen molar-refractivity contribution in [2.75, 3.05) is 28.4 Å². The van der Waals surface area contributed by atoms with Crippen LogP contribution >= 0.6 is 15.9 Å². The Morgan fingerprint density at radius 3 is 2.16 bits per heavy atom. The van der Waals surface area contributed by atoms with E-state index in [0.717, 1.165) is 5.56 Å². The second-order valence-corrected chi connectivity index (χ2v) is 5.90. The minimum Gasteiger partial charge on any atom is -0.497 e. The van der Waals surface area contributed by atoms with Crippen molar-refractivity contribution in [2.24, 2.45) is 0 Å². The molecule has 7 heteroatoms. The molecule has 0 bridgehead atoms. The SMILES string of the molecule is COc1ccc(Br)c(C(=O)NCc2cc(OC)c(OC)cc2OC)c1. The molecule has 2 rings (SSSR count).